The Hall–Kier alpha value is -0.770. The quantitative estimate of drug-likeness (QED) is 0.381. The molecule has 0 radical (unpaired) electrons. The predicted octanol–water partition coefficient (Wildman–Crippen LogP) is 1.41. The summed E-state index contributed by atoms with van der Waals surface area (Å²) in [4.78, 5) is 5.14. The van der Waals surface area contributed by atoms with E-state index >= 15 is 0 Å². The number of likely N-dealkylation sites (tertiary alicyclic amines) is 1. The summed E-state index contributed by atoms with van der Waals surface area (Å²) in [6, 6.07) is 0. The second-order valence-corrected chi connectivity index (χ2v) is 4.37. The van der Waals surface area contributed by atoms with Gasteiger partial charge in [0.05, 0.1) is 12.6 Å². The molecule has 0 bridgehead atoms. The van der Waals surface area contributed by atoms with Crippen molar-refractivity contribution >= 4 is 0 Å². The second kappa shape index (κ2) is 3.77. The Morgan fingerprint density at radius 3 is 3.14 bits per heavy atom. The van der Waals surface area contributed by atoms with E-state index in [2.05, 4.69) is 22.0 Å². The molecule has 2 fully saturated rings. The van der Waals surface area contributed by atoms with E-state index in [9.17, 15) is 0 Å². The standard InChI is InChI=1S/C9H16N4O/c1-13-4-2-9(7-13)3-5-14-8(9)6-11-12-10/h8H,2-7H2,1H3. The maximum Gasteiger partial charge on any atom is 0.0701 e. The Balaban J connectivity index is 2.05. The molecule has 2 rings (SSSR count). The van der Waals surface area contributed by atoms with E-state index in [1.807, 2.05) is 0 Å². The average molecular weight is 196 g/mol. The lowest BCUT2D eigenvalue weighted by atomic mass is 9.80. The molecular weight excluding hydrogens is 180 g/mol. The van der Waals surface area contributed by atoms with Crippen molar-refractivity contribution in [1.29, 1.82) is 0 Å². The first kappa shape index (κ1) is 9.77. The third-order valence-corrected chi connectivity index (χ3v) is 3.49. The zero-order valence-corrected chi connectivity index (χ0v) is 8.52. The van der Waals surface area contributed by atoms with Crippen molar-refractivity contribution in [3.8, 4) is 0 Å². The Bertz CT molecular complexity index is 264. The van der Waals surface area contributed by atoms with Crippen LogP contribution in [0, 0.1) is 5.41 Å². The first-order valence-electron chi connectivity index (χ1n) is 5.08. The zero-order valence-electron chi connectivity index (χ0n) is 8.52. The lowest BCUT2D eigenvalue weighted by Crippen LogP contribution is -2.35. The molecule has 5 nitrogen and oxygen atoms in total. The van der Waals surface area contributed by atoms with Crippen molar-refractivity contribution in [2.75, 3.05) is 33.3 Å². The summed E-state index contributed by atoms with van der Waals surface area (Å²) >= 11 is 0. The maximum absolute atomic E-state index is 8.30. The minimum atomic E-state index is 0.142. The molecule has 0 aromatic carbocycles. The van der Waals surface area contributed by atoms with Crippen LogP contribution in [-0.4, -0.2) is 44.3 Å². The third-order valence-electron chi connectivity index (χ3n) is 3.49. The van der Waals surface area contributed by atoms with Crippen LogP contribution in [0.3, 0.4) is 0 Å². The molecule has 1 spiro atoms. The molecule has 5 heteroatoms. The van der Waals surface area contributed by atoms with Gasteiger partial charge in [-0.1, -0.05) is 5.11 Å². The topological polar surface area (TPSA) is 61.2 Å². The molecule has 2 aliphatic rings. The Morgan fingerprint density at radius 1 is 1.64 bits per heavy atom. The van der Waals surface area contributed by atoms with E-state index in [0.29, 0.717) is 6.54 Å². The van der Waals surface area contributed by atoms with E-state index in [4.69, 9.17) is 10.3 Å². The van der Waals surface area contributed by atoms with Crippen LogP contribution >= 0.6 is 0 Å². The molecule has 2 heterocycles. The van der Waals surface area contributed by atoms with Gasteiger partial charge < -0.3 is 9.64 Å². The van der Waals surface area contributed by atoms with Crippen molar-refractivity contribution in [2.45, 2.75) is 18.9 Å². The molecule has 2 atom stereocenters. The molecule has 2 unspecified atom stereocenters. The van der Waals surface area contributed by atoms with Crippen LogP contribution in [0.5, 0.6) is 0 Å². The molecular formula is C9H16N4O. The first-order chi connectivity index (χ1) is 6.77. The van der Waals surface area contributed by atoms with Gasteiger partial charge in [-0.3, -0.25) is 0 Å². The highest BCUT2D eigenvalue weighted by molar-refractivity contribution is 4.98. The predicted molar refractivity (Wildman–Crippen MR) is 52.9 cm³/mol. The summed E-state index contributed by atoms with van der Waals surface area (Å²) in [6.07, 6.45) is 2.43. The van der Waals surface area contributed by atoms with E-state index < -0.39 is 0 Å². The van der Waals surface area contributed by atoms with Crippen molar-refractivity contribution in [3.05, 3.63) is 10.4 Å². The highest BCUT2D eigenvalue weighted by Crippen LogP contribution is 2.42. The van der Waals surface area contributed by atoms with E-state index in [-0.39, 0.29) is 11.5 Å². The first-order valence-corrected chi connectivity index (χ1v) is 5.08. The van der Waals surface area contributed by atoms with Gasteiger partial charge in [-0.05, 0) is 32.0 Å². The van der Waals surface area contributed by atoms with E-state index in [0.717, 1.165) is 26.1 Å². The maximum atomic E-state index is 8.30. The summed E-state index contributed by atoms with van der Waals surface area (Å²) < 4.78 is 5.65. The second-order valence-electron chi connectivity index (χ2n) is 4.37. The smallest absolute Gasteiger partial charge is 0.0701 e. The molecule has 0 N–H and O–H groups in total. The summed E-state index contributed by atoms with van der Waals surface area (Å²) in [6.45, 7) is 3.53. The monoisotopic (exact) mass is 196 g/mol. The SMILES string of the molecule is CN1CCC2(CCOC2CN=[N+]=[N-])C1. The third kappa shape index (κ3) is 1.59. The van der Waals surface area contributed by atoms with Crippen LogP contribution in [0.1, 0.15) is 12.8 Å². The summed E-state index contributed by atoms with van der Waals surface area (Å²) in [7, 11) is 2.14. The minimum absolute atomic E-state index is 0.142. The number of ether oxygens (including phenoxy) is 1. The lowest BCUT2D eigenvalue weighted by molar-refractivity contribution is 0.0602. The van der Waals surface area contributed by atoms with Crippen molar-refractivity contribution in [3.63, 3.8) is 0 Å². The molecule has 14 heavy (non-hydrogen) atoms. The molecule has 78 valence electrons. The van der Waals surface area contributed by atoms with Gasteiger partial charge in [0.25, 0.3) is 0 Å². The van der Waals surface area contributed by atoms with Crippen LogP contribution in [-0.2, 0) is 4.74 Å². The highest BCUT2D eigenvalue weighted by Gasteiger charge is 2.47. The van der Waals surface area contributed by atoms with Crippen LogP contribution in [0.25, 0.3) is 10.4 Å². The summed E-state index contributed by atoms with van der Waals surface area (Å²) in [5.41, 5.74) is 8.57. The normalized spacial score (nSPS) is 37.6. The molecule has 0 saturated carbocycles. The molecule has 0 aromatic heterocycles. The molecule has 0 aliphatic carbocycles. The molecule has 2 saturated heterocycles. The van der Waals surface area contributed by atoms with Gasteiger partial charge in [-0.25, -0.2) is 0 Å². The van der Waals surface area contributed by atoms with Gasteiger partial charge in [0, 0.05) is 23.5 Å². The Kier molecular flexibility index (Phi) is 2.63. The van der Waals surface area contributed by atoms with Crippen LogP contribution < -0.4 is 0 Å². The van der Waals surface area contributed by atoms with Crippen LogP contribution in [0.2, 0.25) is 0 Å². The lowest BCUT2D eigenvalue weighted by Gasteiger charge is -2.28. The van der Waals surface area contributed by atoms with E-state index in [1.165, 1.54) is 6.42 Å². The Morgan fingerprint density at radius 2 is 2.50 bits per heavy atom. The summed E-state index contributed by atoms with van der Waals surface area (Å²) in [5.74, 6) is 0. The highest BCUT2D eigenvalue weighted by atomic mass is 16.5. The number of rotatable bonds is 2. The largest absolute Gasteiger partial charge is 0.377 e. The van der Waals surface area contributed by atoms with Crippen molar-refractivity contribution < 1.29 is 4.74 Å². The fraction of sp³-hybridized carbons (Fsp3) is 1.00. The molecule has 0 amide bonds. The summed E-state index contributed by atoms with van der Waals surface area (Å²) in [5, 5.41) is 3.63. The Labute approximate surface area is 83.7 Å². The average Bonchev–Trinajstić information content (AvgIpc) is 2.72. The number of hydrogen-bond donors (Lipinski definition) is 0. The number of nitrogens with zero attached hydrogens (tertiary/aromatic N) is 4. The van der Waals surface area contributed by atoms with E-state index in [1.54, 1.807) is 0 Å². The van der Waals surface area contributed by atoms with Gasteiger partial charge in [-0.15, -0.1) is 0 Å². The van der Waals surface area contributed by atoms with Crippen molar-refractivity contribution in [1.82, 2.24) is 4.90 Å². The molecule has 2 aliphatic heterocycles. The van der Waals surface area contributed by atoms with Gasteiger partial charge in [0.1, 0.15) is 0 Å². The van der Waals surface area contributed by atoms with Crippen LogP contribution in [0.15, 0.2) is 5.11 Å². The fourth-order valence-electron chi connectivity index (χ4n) is 2.68. The van der Waals surface area contributed by atoms with Gasteiger partial charge >= 0.3 is 0 Å². The van der Waals surface area contributed by atoms with Crippen LogP contribution in [0.4, 0.5) is 0 Å². The molecule has 0 aromatic rings. The van der Waals surface area contributed by atoms with Gasteiger partial charge in [0.2, 0.25) is 0 Å². The van der Waals surface area contributed by atoms with Gasteiger partial charge in [-0.2, -0.15) is 0 Å². The minimum Gasteiger partial charge on any atom is -0.377 e. The zero-order chi connectivity index (χ0) is 10.0. The number of azide groups is 1. The van der Waals surface area contributed by atoms with Crippen molar-refractivity contribution in [2.24, 2.45) is 10.5 Å². The fourth-order valence-corrected chi connectivity index (χ4v) is 2.68. The van der Waals surface area contributed by atoms with Gasteiger partial charge in [0.15, 0.2) is 0 Å². The number of hydrogen-bond acceptors (Lipinski definition) is 3.